The van der Waals surface area contributed by atoms with Crippen LogP contribution < -0.4 is 5.56 Å². The first-order valence-electron chi connectivity index (χ1n) is 11.3. The van der Waals surface area contributed by atoms with Crippen molar-refractivity contribution in [2.45, 2.75) is 38.5 Å². The Bertz CT molecular complexity index is 1380. The van der Waals surface area contributed by atoms with Gasteiger partial charge >= 0.3 is 0 Å². The first-order chi connectivity index (χ1) is 16.4. The van der Waals surface area contributed by atoms with Crippen LogP contribution in [0.2, 0.25) is 0 Å². The number of fused-ring (bicyclic) bond motifs is 1. The fourth-order valence-corrected chi connectivity index (χ4v) is 5.31. The number of carbonyl (C=O) groups excluding carboxylic acids is 1. The van der Waals surface area contributed by atoms with Crippen molar-refractivity contribution in [2.75, 3.05) is 19.5 Å². The summed E-state index contributed by atoms with van der Waals surface area (Å²) in [6.07, 6.45) is 0. The maximum atomic E-state index is 13.3. The van der Waals surface area contributed by atoms with E-state index in [2.05, 4.69) is 11.5 Å². The van der Waals surface area contributed by atoms with E-state index in [9.17, 15) is 9.59 Å². The molecule has 0 amide bonds. The lowest BCUT2D eigenvalue weighted by molar-refractivity contribution is 0.102. The van der Waals surface area contributed by atoms with Crippen LogP contribution in [0, 0.1) is 13.8 Å². The van der Waals surface area contributed by atoms with Gasteiger partial charge in [0.25, 0.3) is 5.56 Å². The molecule has 0 saturated carbocycles. The van der Waals surface area contributed by atoms with Gasteiger partial charge in [0.05, 0.1) is 35.8 Å². The van der Waals surface area contributed by atoms with Crippen LogP contribution in [0.4, 0.5) is 0 Å². The van der Waals surface area contributed by atoms with Gasteiger partial charge in [0, 0.05) is 24.1 Å². The Morgan fingerprint density at radius 1 is 1.09 bits per heavy atom. The maximum absolute atomic E-state index is 13.3. The van der Waals surface area contributed by atoms with E-state index in [0.29, 0.717) is 34.8 Å². The summed E-state index contributed by atoms with van der Waals surface area (Å²) in [5.41, 5.74) is 4.20. The van der Waals surface area contributed by atoms with Crippen molar-refractivity contribution in [3.63, 3.8) is 0 Å². The second-order valence-electron chi connectivity index (χ2n) is 8.46. The number of aryl methyl sites for hydroxylation is 1. The van der Waals surface area contributed by atoms with Gasteiger partial charge in [-0.3, -0.25) is 14.2 Å². The zero-order valence-electron chi connectivity index (χ0n) is 19.9. The van der Waals surface area contributed by atoms with Crippen molar-refractivity contribution in [1.29, 1.82) is 0 Å². The molecule has 2 aromatic carbocycles. The van der Waals surface area contributed by atoms with Crippen molar-refractivity contribution in [1.82, 2.24) is 14.1 Å². The average Bonchev–Trinajstić information content (AvgIpc) is 3.14. The van der Waals surface area contributed by atoms with Crippen LogP contribution in [0.25, 0.3) is 10.9 Å². The number of hydrogen-bond donors (Lipinski definition) is 0. The molecule has 7 heteroatoms. The van der Waals surface area contributed by atoms with Crippen LogP contribution in [0.5, 0.6) is 0 Å². The van der Waals surface area contributed by atoms with E-state index in [0.717, 1.165) is 17.0 Å². The molecule has 4 rings (SSSR count). The summed E-state index contributed by atoms with van der Waals surface area (Å²) >= 11 is 1.31. The Kier molecular flexibility index (Phi) is 7.34. The first kappa shape index (κ1) is 24.0. The van der Waals surface area contributed by atoms with Crippen molar-refractivity contribution >= 4 is 28.4 Å². The number of methoxy groups -OCH3 is 1. The van der Waals surface area contributed by atoms with E-state index in [4.69, 9.17) is 9.72 Å². The lowest BCUT2D eigenvalue weighted by atomic mass is 10.2. The molecule has 176 valence electrons. The van der Waals surface area contributed by atoms with Gasteiger partial charge in [-0.05, 0) is 44.5 Å². The number of ketones is 1. The van der Waals surface area contributed by atoms with Gasteiger partial charge in [-0.15, -0.1) is 0 Å². The predicted molar refractivity (Wildman–Crippen MR) is 137 cm³/mol. The fourth-order valence-electron chi connectivity index (χ4n) is 4.42. The molecule has 6 nitrogen and oxygen atoms in total. The third kappa shape index (κ3) is 4.86. The van der Waals surface area contributed by atoms with Gasteiger partial charge in [-0.25, -0.2) is 4.98 Å². The minimum Gasteiger partial charge on any atom is -0.383 e. The zero-order valence-corrected chi connectivity index (χ0v) is 20.8. The summed E-state index contributed by atoms with van der Waals surface area (Å²) in [6, 6.07) is 19.2. The molecular weight excluding hydrogens is 446 g/mol. The van der Waals surface area contributed by atoms with Crippen LogP contribution in [-0.2, 0) is 11.3 Å². The highest BCUT2D eigenvalue weighted by Crippen LogP contribution is 2.25. The molecule has 0 radical (unpaired) electrons. The molecule has 2 aromatic heterocycles. The lowest BCUT2D eigenvalue weighted by Crippen LogP contribution is -2.24. The summed E-state index contributed by atoms with van der Waals surface area (Å²) in [6.45, 7) is 7.03. The topological polar surface area (TPSA) is 66.1 Å². The number of carbonyl (C=O) groups is 1. The molecule has 0 unspecified atom stereocenters. The third-order valence-corrected chi connectivity index (χ3v) is 6.95. The standard InChI is InChI=1S/C27H29N3O3S/c1-18-14-23(20(3)30(18)19(2)16-33-4)25(31)17-34-27-28-24-13-9-8-12-22(24)26(32)29(27)15-21-10-6-5-7-11-21/h5-14,19H,15-17H2,1-4H3/t19-/m1/s1. The van der Waals surface area contributed by atoms with E-state index < -0.39 is 0 Å². The van der Waals surface area contributed by atoms with Crippen LogP contribution in [-0.4, -0.2) is 39.4 Å². The zero-order chi connectivity index (χ0) is 24.2. The molecule has 0 fully saturated rings. The molecule has 34 heavy (non-hydrogen) atoms. The van der Waals surface area contributed by atoms with E-state index >= 15 is 0 Å². The van der Waals surface area contributed by atoms with Crippen molar-refractivity contribution in [3.05, 3.63) is 93.5 Å². The summed E-state index contributed by atoms with van der Waals surface area (Å²) in [5.74, 6) is 0.213. The van der Waals surface area contributed by atoms with Crippen LogP contribution in [0.15, 0.2) is 70.6 Å². The molecule has 0 aliphatic rings. The molecule has 0 saturated heterocycles. The summed E-state index contributed by atoms with van der Waals surface area (Å²) in [7, 11) is 1.68. The van der Waals surface area contributed by atoms with E-state index in [1.54, 1.807) is 17.7 Å². The molecule has 0 N–H and O–H groups in total. The number of hydrogen-bond acceptors (Lipinski definition) is 5. The second-order valence-corrected chi connectivity index (χ2v) is 9.40. The Balaban J connectivity index is 1.65. The van der Waals surface area contributed by atoms with Crippen molar-refractivity contribution in [2.24, 2.45) is 0 Å². The molecule has 0 spiro atoms. The van der Waals surface area contributed by atoms with Gasteiger partial charge in [0.2, 0.25) is 0 Å². The largest absolute Gasteiger partial charge is 0.383 e. The van der Waals surface area contributed by atoms with Gasteiger partial charge < -0.3 is 9.30 Å². The number of aromatic nitrogens is 3. The average molecular weight is 476 g/mol. The minimum atomic E-state index is -0.101. The Labute approximate surface area is 203 Å². The van der Waals surface area contributed by atoms with Gasteiger partial charge in [-0.1, -0.05) is 54.2 Å². The van der Waals surface area contributed by atoms with E-state index in [1.807, 2.05) is 68.4 Å². The molecule has 0 aliphatic heterocycles. The van der Waals surface area contributed by atoms with Gasteiger partial charge in [-0.2, -0.15) is 0 Å². The van der Waals surface area contributed by atoms with Crippen molar-refractivity contribution in [3.8, 4) is 0 Å². The monoisotopic (exact) mass is 475 g/mol. The minimum absolute atomic E-state index is 0.0163. The normalized spacial score (nSPS) is 12.2. The highest BCUT2D eigenvalue weighted by Gasteiger charge is 2.20. The highest BCUT2D eigenvalue weighted by atomic mass is 32.2. The van der Waals surface area contributed by atoms with E-state index in [1.165, 1.54) is 11.8 Å². The quantitative estimate of drug-likeness (QED) is 0.193. The third-order valence-electron chi connectivity index (χ3n) is 5.98. The molecular formula is C27H29N3O3S. The number of benzene rings is 2. The summed E-state index contributed by atoms with van der Waals surface area (Å²) in [5, 5.41) is 1.12. The van der Waals surface area contributed by atoms with Crippen LogP contribution in [0.1, 0.15) is 40.3 Å². The number of rotatable bonds is 9. The van der Waals surface area contributed by atoms with Crippen molar-refractivity contribution < 1.29 is 9.53 Å². The molecule has 0 bridgehead atoms. The predicted octanol–water partition coefficient (Wildman–Crippen LogP) is 5.05. The van der Waals surface area contributed by atoms with Crippen LogP contribution >= 0.6 is 11.8 Å². The number of ether oxygens (including phenoxy) is 1. The number of Topliss-reactive ketones (excluding diaryl/α,β-unsaturated/α-hetero) is 1. The Hall–Kier alpha value is -3.16. The smallest absolute Gasteiger partial charge is 0.262 e. The number of nitrogens with zero attached hydrogens (tertiary/aromatic N) is 3. The van der Waals surface area contributed by atoms with E-state index in [-0.39, 0.29) is 23.1 Å². The van der Waals surface area contributed by atoms with Gasteiger partial charge in [0.1, 0.15) is 0 Å². The number of thioether (sulfide) groups is 1. The second kappa shape index (κ2) is 10.4. The first-order valence-corrected chi connectivity index (χ1v) is 12.3. The van der Waals surface area contributed by atoms with Crippen LogP contribution in [0.3, 0.4) is 0 Å². The summed E-state index contributed by atoms with van der Waals surface area (Å²) < 4.78 is 9.11. The number of para-hydroxylation sites is 1. The van der Waals surface area contributed by atoms with Gasteiger partial charge in [0.15, 0.2) is 10.9 Å². The highest BCUT2D eigenvalue weighted by molar-refractivity contribution is 7.99. The Morgan fingerprint density at radius 3 is 2.53 bits per heavy atom. The molecule has 0 aliphatic carbocycles. The molecule has 2 heterocycles. The molecule has 4 aromatic rings. The molecule has 1 atom stereocenters. The summed E-state index contributed by atoms with van der Waals surface area (Å²) in [4.78, 5) is 31.3. The fraction of sp³-hybridized carbons (Fsp3) is 0.296. The lowest BCUT2D eigenvalue weighted by Gasteiger charge is -2.17. The SMILES string of the molecule is COC[C@@H](C)n1c(C)cc(C(=O)CSc2nc3ccccc3c(=O)n2Cc2ccccc2)c1C. The maximum Gasteiger partial charge on any atom is 0.262 e. The Morgan fingerprint density at radius 2 is 1.79 bits per heavy atom.